The van der Waals surface area contributed by atoms with Gasteiger partial charge in [-0.05, 0) is 97.2 Å². The fraction of sp³-hybridized carbons (Fsp3) is 0.946. The van der Waals surface area contributed by atoms with Gasteiger partial charge >= 0.3 is 12.2 Å². The molecule has 0 aromatic heterocycles. The topological polar surface area (TPSA) is 109 Å². The summed E-state index contributed by atoms with van der Waals surface area (Å²) in [5.74, 6) is 1.70. The molecule has 2 aliphatic heterocycles. The van der Waals surface area contributed by atoms with E-state index in [0.717, 1.165) is 51.6 Å². The Morgan fingerprint density at radius 2 is 1.67 bits per heavy atom. The van der Waals surface area contributed by atoms with Gasteiger partial charge in [0.05, 0.1) is 24.4 Å². The van der Waals surface area contributed by atoms with Gasteiger partial charge in [-0.2, -0.15) is 0 Å². The molecule has 5 saturated carbocycles. The Morgan fingerprint density at radius 1 is 1.00 bits per heavy atom. The maximum atomic E-state index is 12.8. The molecule has 5 aliphatic carbocycles. The van der Waals surface area contributed by atoms with Gasteiger partial charge in [0.1, 0.15) is 12.2 Å². The monoisotopic (exact) mass is 643 g/mol. The van der Waals surface area contributed by atoms with Gasteiger partial charge < -0.3 is 34.9 Å². The van der Waals surface area contributed by atoms with Crippen molar-refractivity contribution in [3.05, 3.63) is 0 Å². The summed E-state index contributed by atoms with van der Waals surface area (Å²) in [7, 11) is 3.43. The number of hydrogen-bond donors (Lipinski definition) is 3. The lowest BCUT2D eigenvalue weighted by atomic mass is 9.41. The number of rotatable bonds is 5. The van der Waals surface area contributed by atoms with Gasteiger partial charge in [-0.15, -0.1) is 0 Å². The molecule has 7 rings (SSSR count). The van der Waals surface area contributed by atoms with Crippen LogP contribution < -0.4 is 10.6 Å². The van der Waals surface area contributed by atoms with E-state index in [-0.39, 0.29) is 81.6 Å². The lowest BCUT2D eigenvalue weighted by Gasteiger charge is -2.63. The van der Waals surface area contributed by atoms with E-state index in [4.69, 9.17) is 14.2 Å². The molecule has 0 aromatic rings. The van der Waals surface area contributed by atoms with Crippen LogP contribution in [0, 0.1) is 56.7 Å². The summed E-state index contributed by atoms with van der Waals surface area (Å²) >= 11 is 0. The number of fused-ring (bicyclic) bond motifs is 4. The number of aliphatic hydroxyl groups excluding tert-OH is 1. The van der Waals surface area contributed by atoms with Crippen molar-refractivity contribution in [3.8, 4) is 0 Å². The maximum Gasteiger partial charge on any atom is 0.409 e. The number of alkyl carbamates (subject to hydrolysis) is 1. The van der Waals surface area contributed by atoms with Crippen LogP contribution in [0.5, 0.6) is 0 Å². The van der Waals surface area contributed by atoms with Gasteiger partial charge in [0.2, 0.25) is 0 Å². The van der Waals surface area contributed by atoms with Crippen LogP contribution in [0.25, 0.3) is 0 Å². The fourth-order valence-electron chi connectivity index (χ4n) is 13.3. The zero-order chi connectivity index (χ0) is 33.2. The largest absolute Gasteiger partial charge is 0.446 e. The first-order valence-electron chi connectivity index (χ1n) is 18.4. The number of amides is 2. The third kappa shape index (κ3) is 4.28. The number of aliphatic hydroxyl groups is 1. The first-order chi connectivity index (χ1) is 21.5. The van der Waals surface area contributed by atoms with Gasteiger partial charge in [0, 0.05) is 38.0 Å². The van der Waals surface area contributed by atoms with Crippen molar-refractivity contribution in [1.82, 2.24) is 15.5 Å². The molecule has 2 saturated heterocycles. The zero-order valence-corrected chi connectivity index (χ0v) is 29.9. The number of ether oxygens (including phenoxy) is 3. The quantitative estimate of drug-likeness (QED) is 0.359. The average Bonchev–Trinajstić information content (AvgIpc) is 3.59. The molecule has 7 fully saturated rings. The molecule has 260 valence electrons. The minimum absolute atomic E-state index is 0.0219. The molecule has 9 nitrogen and oxygen atoms in total. The number of carbonyl (C=O) groups is 2. The van der Waals surface area contributed by atoms with Crippen LogP contribution in [-0.2, 0) is 14.2 Å². The first-order valence-corrected chi connectivity index (χ1v) is 18.4. The van der Waals surface area contributed by atoms with Crippen molar-refractivity contribution in [2.75, 3.05) is 27.2 Å². The second-order valence-corrected chi connectivity index (χ2v) is 18.4. The molecule has 2 amide bonds. The summed E-state index contributed by atoms with van der Waals surface area (Å²) in [6.45, 7) is 17.8. The van der Waals surface area contributed by atoms with E-state index in [9.17, 15) is 14.7 Å². The summed E-state index contributed by atoms with van der Waals surface area (Å²) < 4.78 is 19.1. The van der Waals surface area contributed by atoms with E-state index in [0.29, 0.717) is 17.8 Å². The van der Waals surface area contributed by atoms with Crippen LogP contribution in [0.2, 0.25) is 0 Å². The fourth-order valence-corrected chi connectivity index (χ4v) is 13.3. The number of nitrogens with zero attached hydrogens (tertiary/aromatic N) is 1. The van der Waals surface area contributed by atoms with E-state index in [1.54, 1.807) is 14.1 Å². The summed E-state index contributed by atoms with van der Waals surface area (Å²) in [4.78, 5) is 26.9. The van der Waals surface area contributed by atoms with E-state index < -0.39 is 6.10 Å². The Balaban J connectivity index is 1.13. The predicted octanol–water partition coefficient (Wildman–Crippen LogP) is 5.59. The van der Waals surface area contributed by atoms with E-state index >= 15 is 0 Å². The Bertz CT molecular complexity index is 1240. The second kappa shape index (κ2) is 10.7. The van der Waals surface area contributed by atoms with Gasteiger partial charge in [-0.3, -0.25) is 0 Å². The predicted molar refractivity (Wildman–Crippen MR) is 175 cm³/mol. The minimum atomic E-state index is -0.557. The molecule has 3 N–H and O–H groups in total. The highest BCUT2D eigenvalue weighted by molar-refractivity contribution is 5.68. The normalized spacial score (nSPS) is 49.2. The molecule has 9 heteroatoms. The Kier molecular flexibility index (Phi) is 7.67. The van der Waals surface area contributed by atoms with Gasteiger partial charge in [-0.25, -0.2) is 9.59 Å². The average molecular weight is 644 g/mol. The van der Waals surface area contributed by atoms with Gasteiger partial charge in [-0.1, -0.05) is 48.5 Å². The Labute approximate surface area is 276 Å². The smallest absolute Gasteiger partial charge is 0.409 e. The number of hydrogen-bond acceptors (Lipinski definition) is 7. The first kappa shape index (κ1) is 32.9. The summed E-state index contributed by atoms with van der Waals surface area (Å²) in [5.41, 5.74) is 0.146. The Hall–Kier alpha value is -1.58. The molecule has 7 aliphatic rings. The van der Waals surface area contributed by atoms with Crippen molar-refractivity contribution in [2.24, 2.45) is 56.7 Å². The van der Waals surface area contributed by atoms with Gasteiger partial charge in [0.15, 0.2) is 0 Å². The van der Waals surface area contributed by atoms with Crippen LogP contribution in [0.15, 0.2) is 0 Å². The van der Waals surface area contributed by atoms with Gasteiger partial charge in [0.25, 0.3) is 0 Å². The van der Waals surface area contributed by atoms with Crippen molar-refractivity contribution in [3.63, 3.8) is 0 Å². The highest BCUT2D eigenvalue weighted by Gasteiger charge is 2.84. The SMILES string of the molecule is CC(C)C(OC(=O)N(C)C)C1C[C@@H](C)[C@H]2C(O1)[C@H](O)C1(C)C3CC[C@H]4C(C)(C)C(OC(=O)NC5CNC5)CCC45CC35CCC21C. The molecule has 13 atom stereocenters. The summed E-state index contributed by atoms with van der Waals surface area (Å²) in [6.07, 6.45) is 6.61. The molecular formula is C37H61N3O6. The van der Waals surface area contributed by atoms with E-state index in [1.165, 1.54) is 17.7 Å². The highest BCUT2D eigenvalue weighted by Crippen LogP contribution is 2.89. The van der Waals surface area contributed by atoms with Crippen LogP contribution >= 0.6 is 0 Å². The second-order valence-electron chi connectivity index (χ2n) is 18.4. The van der Waals surface area contributed by atoms with Crippen LogP contribution in [0.1, 0.15) is 99.8 Å². The molecular weight excluding hydrogens is 582 g/mol. The van der Waals surface area contributed by atoms with E-state index in [1.807, 2.05) is 0 Å². The Morgan fingerprint density at radius 3 is 2.30 bits per heavy atom. The van der Waals surface area contributed by atoms with Crippen molar-refractivity contribution in [2.45, 2.75) is 136 Å². The molecule has 0 aromatic carbocycles. The van der Waals surface area contributed by atoms with Crippen molar-refractivity contribution >= 4 is 12.2 Å². The van der Waals surface area contributed by atoms with Crippen LogP contribution in [0.3, 0.4) is 0 Å². The molecule has 9 unspecified atom stereocenters. The maximum absolute atomic E-state index is 12.8. The van der Waals surface area contributed by atoms with E-state index in [2.05, 4.69) is 59.1 Å². The summed E-state index contributed by atoms with van der Waals surface area (Å²) in [6, 6.07) is 0.179. The minimum Gasteiger partial charge on any atom is -0.446 e. The third-order valence-electron chi connectivity index (χ3n) is 15.7. The molecule has 46 heavy (non-hydrogen) atoms. The lowest BCUT2D eigenvalue weighted by molar-refractivity contribution is -0.185. The lowest BCUT2D eigenvalue weighted by Crippen LogP contribution is -2.60. The standard InChI is InChI=1S/C37H61N3O6/c1-20(2)28(46-32(43)40(8)9)23-16-21(3)27-29(44-23)30(41)35(7)25-11-10-24-33(4,5)26(45-31(42)39-22-17-38-18-22)12-13-36(24)19-37(25,36)15-14-34(27,35)6/h20-30,38,41H,10-19H2,1-9H3,(H,39,42)/t21-,23?,24+,25?,26?,27+,28?,29?,30+,34?,35?,36?,37?/m1/s1. The van der Waals surface area contributed by atoms with Crippen LogP contribution in [0.4, 0.5) is 9.59 Å². The molecule has 2 heterocycles. The highest BCUT2D eigenvalue weighted by atomic mass is 16.6. The molecule has 0 radical (unpaired) electrons. The number of nitrogens with one attached hydrogen (secondary N) is 2. The van der Waals surface area contributed by atoms with Crippen molar-refractivity contribution in [1.29, 1.82) is 0 Å². The third-order valence-corrected chi connectivity index (χ3v) is 15.7. The van der Waals surface area contributed by atoms with Crippen LogP contribution in [-0.4, -0.2) is 85.9 Å². The molecule has 2 spiro atoms. The zero-order valence-electron chi connectivity index (χ0n) is 29.9. The molecule has 0 bridgehead atoms. The van der Waals surface area contributed by atoms with Crippen molar-refractivity contribution < 1.29 is 28.9 Å². The number of carbonyl (C=O) groups excluding carboxylic acids is 2. The summed E-state index contributed by atoms with van der Waals surface area (Å²) in [5, 5.41) is 18.8.